The van der Waals surface area contributed by atoms with Gasteiger partial charge in [-0.25, -0.2) is 9.61 Å². The van der Waals surface area contributed by atoms with Crippen molar-refractivity contribution in [2.45, 2.75) is 38.6 Å². The first kappa shape index (κ1) is 13.2. The lowest BCUT2D eigenvalue weighted by atomic mass is 10.0. The molecular weight excluding hydrogens is 276 g/mol. The molecule has 1 aliphatic rings. The van der Waals surface area contributed by atoms with Gasteiger partial charge in [-0.2, -0.15) is 0 Å². The molecule has 1 amide bonds. The number of likely N-dealkylation sites (tertiary alicyclic amines) is 1. The first-order chi connectivity index (χ1) is 9.75. The van der Waals surface area contributed by atoms with E-state index in [1.54, 1.807) is 24.5 Å². The fourth-order valence-corrected chi connectivity index (χ4v) is 3.33. The third kappa shape index (κ3) is 2.58. The number of nitrogens with zero attached hydrogens (tertiary/aromatic N) is 4. The van der Waals surface area contributed by atoms with Gasteiger partial charge in [0.15, 0.2) is 0 Å². The highest BCUT2D eigenvalue weighted by atomic mass is 32.1. The molecule has 0 aromatic carbocycles. The van der Waals surface area contributed by atoms with Gasteiger partial charge in [-0.1, -0.05) is 10.3 Å². The van der Waals surface area contributed by atoms with Crippen LogP contribution in [-0.2, 0) is 11.2 Å². The Balaban J connectivity index is 1.76. The summed E-state index contributed by atoms with van der Waals surface area (Å²) in [6.45, 7) is 2.58. The van der Waals surface area contributed by atoms with E-state index >= 15 is 0 Å². The van der Waals surface area contributed by atoms with Crippen LogP contribution in [-0.4, -0.2) is 32.6 Å². The molecule has 6 nitrogen and oxygen atoms in total. The van der Waals surface area contributed by atoms with Crippen molar-refractivity contribution in [3.05, 3.63) is 28.0 Å². The standard InChI is InChI=1S/C13H16N4O2S/c1-9-10(16-19-15-9)8-12(18)17-6-3-2-4-11(17)13-14-5-7-20-13/h5,7,11H,2-4,6,8H2,1H3/t11-/m0/s1. The number of aryl methyl sites for hydroxylation is 1. The Kier molecular flexibility index (Phi) is 3.77. The summed E-state index contributed by atoms with van der Waals surface area (Å²) in [6.07, 6.45) is 5.21. The van der Waals surface area contributed by atoms with E-state index in [2.05, 4.69) is 19.9 Å². The third-order valence-corrected chi connectivity index (χ3v) is 4.50. The Labute approximate surface area is 120 Å². The van der Waals surface area contributed by atoms with Crippen LogP contribution in [0.15, 0.2) is 16.2 Å². The molecule has 2 aromatic heterocycles. The van der Waals surface area contributed by atoms with Gasteiger partial charge < -0.3 is 4.90 Å². The minimum absolute atomic E-state index is 0.0729. The van der Waals surface area contributed by atoms with Gasteiger partial charge >= 0.3 is 0 Å². The van der Waals surface area contributed by atoms with E-state index in [4.69, 9.17) is 0 Å². The topological polar surface area (TPSA) is 72.1 Å². The van der Waals surface area contributed by atoms with Crippen molar-refractivity contribution < 1.29 is 9.42 Å². The second-order valence-electron chi connectivity index (χ2n) is 4.94. The van der Waals surface area contributed by atoms with Crippen molar-refractivity contribution in [1.82, 2.24) is 20.2 Å². The van der Waals surface area contributed by atoms with Crippen molar-refractivity contribution >= 4 is 17.2 Å². The molecule has 0 N–H and O–H groups in total. The van der Waals surface area contributed by atoms with Crippen LogP contribution in [0.4, 0.5) is 0 Å². The van der Waals surface area contributed by atoms with Gasteiger partial charge in [-0.05, 0) is 26.2 Å². The number of rotatable bonds is 3. The quantitative estimate of drug-likeness (QED) is 0.866. The smallest absolute Gasteiger partial charge is 0.229 e. The molecule has 0 aliphatic carbocycles. The minimum atomic E-state index is 0.0729. The summed E-state index contributed by atoms with van der Waals surface area (Å²) in [4.78, 5) is 18.8. The Hall–Kier alpha value is -1.76. The van der Waals surface area contributed by atoms with E-state index < -0.39 is 0 Å². The number of hydrogen-bond donors (Lipinski definition) is 0. The zero-order chi connectivity index (χ0) is 13.9. The van der Waals surface area contributed by atoms with Crippen LogP contribution in [0.2, 0.25) is 0 Å². The molecule has 1 saturated heterocycles. The van der Waals surface area contributed by atoms with Gasteiger partial charge in [0.1, 0.15) is 16.4 Å². The first-order valence-corrected chi connectivity index (χ1v) is 7.60. The molecule has 2 aromatic rings. The van der Waals surface area contributed by atoms with Gasteiger partial charge in [0.2, 0.25) is 5.91 Å². The Morgan fingerprint density at radius 1 is 1.50 bits per heavy atom. The molecule has 1 atom stereocenters. The van der Waals surface area contributed by atoms with Crippen LogP contribution >= 0.6 is 11.3 Å². The van der Waals surface area contributed by atoms with E-state index in [0.29, 0.717) is 11.4 Å². The van der Waals surface area contributed by atoms with E-state index in [9.17, 15) is 4.79 Å². The second-order valence-corrected chi connectivity index (χ2v) is 5.87. The maximum Gasteiger partial charge on any atom is 0.229 e. The summed E-state index contributed by atoms with van der Waals surface area (Å²) >= 11 is 1.61. The highest BCUT2D eigenvalue weighted by Crippen LogP contribution is 2.32. The molecule has 0 radical (unpaired) electrons. The largest absolute Gasteiger partial charge is 0.333 e. The lowest BCUT2D eigenvalue weighted by Crippen LogP contribution is -2.39. The van der Waals surface area contributed by atoms with Crippen molar-refractivity contribution in [3.8, 4) is 0 Å². The van der Waals surface area contributed by atoms with Crippen LogP contribution in [0.1, 0.15) is 41.7 Å². The van der Waals surface area contributed by atoms with E-state index in [1.807, 2.05) is 10.3 Å². The Morgan fingerprint density at radius 2 is 2.40 bits per heavy atom. The lowest BCUT2D eigenvalue weighted by Gasteiger charge is -2.34. The molecule has 0 spiro atoms. The molecule has 0 bridgehead atoms. The number of carbonyl (C=O) groups excluding carboxylic acids is 1. The lowest BCUT2D eigenvalue weighted by molar-refractivity contribution is -0.134. The van der Waals surface area contributed by atoms with Crippen LogP contribution < -0.4 is 0 Å². The molecule has 3 rings (SSSR count). The Morgan fingerprint density at radius 3 is 3.10 bits per heavy atom. The number of thiazole rings is 1. The number of carbonyl (C=O) groups is 1. The fourth-order valence-electron chi connectivity index (χ4n) is 2.54. The normalized spacial score (nSPS) is 19.2. The molecule has 1 fully saturated rings. The molecular formula is C13H16N4O2S. The molecule has 0 saturated carbocycles. The molecule has 106 valence electrons. The summed E-state index contributed by atoms with van der Waals surface area (Å²) in [6, 6.07) is 0.108. The zero-order valence-corrected chi connectivity index (χ0v) is 12.1. The van der Waals surface area contributed by atoms with Gasteiger partial charge in [-0.3, -0.25) is 4.79 Å². The summed E-state index contributed by atoms with van der Waals surface area (Å²) < 4.78 is 4.65. The van der Waals surface area contributed by atoms with E-state index in [-0.39, 0.29) is 18.4 Å². The average molecular weight is 292 g/mol. The van der Waals surface area contributed by atoms with Crippen molar-refractivity contribution in [2.75, 3.05) is 6.54 Å². The molecule has 3 heterocycles. The van der Waals surface area contributed by atoms with E-state index in [0.717, 1.165) is 30.8 Å². The van der Waals surface area contributed by atoms with Gasteiger partial charge in [0.25, 0.3) is 0 Å². The number of amides is 1. The predicted octanol–water partition coefficient (Wildman–Crippen LogP) is 2.13. The van der Waals surface area contributed by atoms with E-state index in [1.165, 1.54) is 0 Å². The highest BCUT2D eigenvalue weighted by molar-refractivity contribution is 7.09. The maximum atomic E-state index is 12.5. The van der Waals surface area contributed by atoms with Crippen molar-refractivity contribution in [3.63, 3.8) is 0 Å². The van der Waals surface area contributed by atoms with Crippen LogP contribution in [0.5, 0.6) is 0 Å². The summed E-state index contributed by atoms with van der Waals surface area (Å²) in [7, 11) is 0. The van der Waals surface area contributed by atoms with Gasteiger partial charge in [-0.15, -0.1) is 11.3 Å². The summed E-state index contributed by atoms with van der Waals surface area (Å²) in [5, 5.41) is 10.5. The van der Waals surface area contributed by atoms with Gasteiger partial charge in [0.05, 0.1) is 12.5 Å². The molecule has 20 heavy (non-hydrogen) atoms. The van der Waals surface area contributed by atoms with Crippen LogP contribution in [0.3, 0.4) is 0 Å². The number of hydrogen-bond acceptors (Lipinski definition) is 6. The molecule has 1 aliphatic heterocycles. The monoisotopic (exact) mass is 292 g/mol. The highest BCUT2D eigenvalue weighted by Gasteiger charge is 2.30. The second kappa shape index (κ2) is 5.70. The van der Waals surface area contributed by atoms with Crippen LogP contribution in [0, 0.1) is 6.92 Å². The molecule has 0 unspecified atom stereocenters. The van der Waals surface area contributed by atoms with Gasteiger partial charge in [0, 0.05) is 18.1 Å². The molecule has 7 heteroatoms. The average Bonchev–Trinajstić information content (AvgIpc) is 3.11. The predicted molar refractivity (Wildman–Crippen MR) is 73.2 cm³/mol. The van der Waals surface area contributed by atoms with Crippen molar-refractivity contribution in [1.29, 1.82) is 0 Å². The summed E-state index contributed by atoms with van der Waals surface area (Å²) in [5.41, 5.74) is 1.31. The first-order valence-electron chi connectivity index (χ1n) is 6.72. The zero-order valence-electron chi connectivity index (χ0n) is 11.3. The fraction of sp³-hybridized carbons (Fsp3) is 0.538. The van der Waals surface area contributed by atoms with Crippen LogP contribution in [0.25, 0.3) is 0 Å². The number of aromatic nitrogens is 3. The SMILES string of the molecule is Cc1nonc1CC(=O)N1CCCC[C@H]1c1nccs1. The minimum Gasteiger partial charge on any atom is -0.333 e. The Bertz CT molecular complexity index is 581. The summed E-state index contributed by atoms with van der Waals surface area (Å²) in [5.74, 6) is 0.0729. The maximum absolute atomic E-state index is 12.5. The van der Waals surface area contributed by atoms with Crippen molar-refractivity contribution in [2.24, 2.45) is 0 Å². The number of piperidine rings is 1. The third-order valence-electron chi connectivity index (χ3n) is 3.62.